The van der Waals surface area contributed by atoms with E-state index >= 15 is 0 Å². The summed E-state index contributed by atoms with van der Waals surface area (Å²) in [6.07, 6.45) is 5.78. The molecule has 0 amide bonds. The van der Waals surface area contributed by atoms with Crippen LogP contribution in [0.1, 0.15) is 22.8 Å². The third-order valence-corrected chi connectivity index (χ3v) is 16.7. The van der Waals surface area contributed by atoms with Gasteiger partial charge in [0.05, 0.1) is 22.1 Å². The fourth-order valence-electron chi connectivity index (χ4n) is 12.6. The van der Waals surface area contributed by atoms with Crippen molar-refractivity contribution in [1.29, 1.82) is 0 Å². The van der Waals surface area contributed by atoms with Gasteiger partial charge >= 0.3 is 67.8 Å². The van der Waals surface area contributed by atoms with Gasteiger partial charge in [0.2, 0.25) is 0 Å². The molecule has 2 radical (unpaired) electrons. The molecule has 16 aromatic rings. The van der Waals surface area contributed by atoms with E-state index in [1.165, 1.54) is 66.4 Å². The van der Waals surface area contributed by atoms with Gasteiger partial charge in [0.15, 0.2) is 0 Å². The Morgan fingerprint density at radius 2 is 0.391 bits per heavy atom. The normalized spacial score (nSPS) is 9.29. The summed E-state index contributed by atoms with van der Waals surface area (Å²) < 4.78 is 45.0. The second-order valence-electron chi connectivity index (χ2n) is 23.0. The van der Waals surface area contributed by atoms with Crippen LogP contribution >= 0.6 is 0 Å². The van der Waals surface area contributed by atoms with Gasteiger partial charge in [-0.3, -0.25) is 29.9 Å². The van der Waals surface area contributed by atoms with Gasteiger partial charge in [0.1, 0.15) is 6.15 Å². The van der Waals surface area contributed by atoms with E-state index in [2.05, 4.69) is 344 Å². The average Bonchev–Trinajstić information content (AvgIpc) is 0.761. The Balaban J connectivity index is 0.000000477. The van der Waals surface area contributed by atoms with Gasteiger partial charge in [-0.1, -0.05) is 279 Å². The number of benzene rings is 10. The average molecular weight is 1810 g/mol. The predicted molar refractivity (Wildman–Crippen MR) is 425 cm³/mol. The van der Waals surface area contributed by atoms with Gasteiger partial charge in [-0.15, -0.1) is 0 Å². The smallest absolute Gasteiger partial charge is 0.108 e. The predicted octanol–water partition coefficient (Wildman–Crippen LogP) is 15.1. The van der Waals surface area contributed by atoms with Crippen molar-refractivity contribution >= 4 is 71.6 Å². The van der Waals surface area contributed by atoms with Crippen LogP contribution in [0.3, 0.4) is 0 Å². The summed E-state index contributed by atoms with van der Waals surface area (Å²) in [6.45, 7) is 35.2. The monoisotopic (exact) mass is 1810 g/mol. The molecule has 10 aromatic carbocycles. The van der Waals surface area contributed by atoms with Crippen LogP contribution in [0.15, 0.2) is 352 Å². The molecule has 0 aliphatic rings. The van der Waals surface area contributed by atoms with E-state index in [0.29, 0.717) is 0 Å². The van der Waals surface area contributed by atoms with Crippen molar-refractivity contribution in [3.05, 3.63) is 415 Å². The first-order valence-corrected chi connectivity index (χ1v) is 33.2. The number of aromatic nitrogens is 6. The third kappa shape index (κ3) is 25.2. The number of aliphatic hydroxyl groups is 1. The molecule has 17 heteroatoms. The van der Waals surface area contributed by atoms with Crippen LogP contribution in [0.4, 0.5) is 0 Å². The molecule has 1 N–H and O–H groups in total. The Morgan fingerprint density at radius 3 is 0.536 bits per heavy atom. The first-order chi connectivity index (χ1) is 52.8. The first kappa shape index (κ1) is 94.3. The number of hydrogen-bond donors (Lipinski definition) is 1. The topological polar surface area (TPSA) is 217 Å². The van der Waals surface area contributed by atoms with Crippen LogP contribution in [0.5, 0.6) is 0 Å². The Hall–Kier alpha value is -11.8. The second-order valence-corrected chi connectivity index (χ2v) is 23.0. The van der Waals surface area contributed by atoms with E-state index in [9.17, 15) is 0 Å². The van der Waals surface area contributed by atoms with Crippen molar-refractivity contribution in [1.82, 2.24) is 29.9 Å². The van der Waals surface area contributed by atoms with Crippen molar-refractivity contribution in [3.8, 4) is 44.5 Å². The maximum absolute atomic E-state index is 7.50. The van der Waals surface area contributed by atoms with Gasteiger partial charge < -0.3 is 17.5 Å². The molecule has 16 rings (SSSR count). The van der Waals surface area contributed by atoms with Gasteiger partial charge in [0.25, 0.3) is 0 Å². The number of fused-ring (bicyclic) bond motifs is 6. The molecule has 0 aliphatic carbocycles. The van der Waals surface area contributed by atoms with Crippen LogP contribution in [-0.4, -0.2) is 48.3 Å². The number of pyridine rings is 6. The Kier molecular flexibility index (Phi) is 45.5. The van der Waals surface area contributed by atoms with E-state index in [4.69, 9.17) is 53.0 Å². The number of aryl methyl sites for hydroxylation is 4. The van der Waals surface area contributed by atoms with Crippen LogP contribution in [0, 0.1) is 67.6 Å². The molecule has 0 saturated heterocycles. The first-order valence-electron chi connectivity index (χ1n) is 33.2. The van der Waals surface area contributed by atoms with E-state index < -0.39 is 6.15 Å². The minimum absolute atomic E-state index is 0. The molecule has 0 bridgehead atoms. The Bertz CT molecular complexity index is 4690. The van der Waals surface area contributed by atoms with E-state index in [1.807, 2.05) is 60.7 Å². The summed E-state index contributed by atoms with van der Waals surface area (Å²) in [4.78, 5) is 27.2. The third-order valence-electron chi connectivity index (χ3n) is 16.7. The summed E-state index contributed by atoms with van der Waals surface area (Å²) in [6, 6.07) is 114. The van der Waals surface area contributed by atoms with Crippen molar-refractivity contribution in [3.63, 3.8) is 0 Å². The van der Waals surface area contributed by atoms with Gasteiger partial charge in [-0.05, 0) is 121 Å². The zero-order chi connectivity index (χ0) is 77.6. The fourth-order valence-corrected chi connectivity index (χ4v) is 12.6. The molecular weight excluding hydrogens is 1730 g/mol. The van der Waals surface area contributed by atoms with Gasteiger partial charge in [-0.2, -0.15) is 21.9 Å². The maximum atomic E-state index is 7.50. The summed E-state index contributed by atoms with van der Waals surface area (Å²) in [5.74, 6) is 0. The molecule has 110 heavy (non-hydrogen) atoms. The molecule has 6 aromatic heterocycles. The second kappa shape index (κ2) is 53.1. The molecule has 13 nitrogen and oxygen atoms in total. The van der Waals surface area contributed by atoms with Crippen LogP contribution in [0.2, 0.25) is 0 Å². The SMILES string of the molecule is CO.Cc1cc(-c2ccccc2)c2ccc3c(-c4ccccc4)cc(C)nc3c2n1.Cc1cc(-c2ccccc2)c2ccc3c(-c4ccccc4)cc(C)nc3c2n1.[C-]#[O+].[C-]#[O+].[C-]#[O+].[C-]#[O+].[C-]#[O+].[C-]#[O+].[Cl-].[Re].[Re].c1ccc([B-](c2ccccc2)(c2ccccc2)c2ccccc2)cc1.c1ccncc1.c1ccncc1. The Labute approximate surface area is 677 Å². The molecular formula is C93H74BClN6O7Re2-2. The van der Waals surface area contributed by atoms with Crippen molar-refractivity contribution < 1.29 is 86.3 Å². The summed E-state index contributed by atoms with van der Waals surface area (Å²) >= 11 is 0. The van der Waals surface area contributed by atoms with Crippen LogP contribution in [0.25, 0.3) is 88.1 Å². The summed E-state index contributed by atoms with van der Waals surface area (Å²) in [5, 5.41) is 11.6. The largest absolute Gasteiger partial charge is 1.00 e. The minimum Gasteiger partial charge on any atom is -1.00 e. The summed E-state index contributed by atoms with van der Waals surface area (Å²) in [7, 11) is 1.00. The number of halogens is 1. The van der Waals surface area contributed by atoms with Gasteiger partial charge in [-0.25, -0.2) is 0 Å². The molecule has 0 atom stereocenters. The molecule has 544 valence electrons. The maximum Gasteiger partial charge on any atom is 0.108 e. The van der Waals surface area contributed by atoms with Crippen molar-refractivity contribution in [2.75, 3.05) is 7.11 Å². The molecule has 0 saturated carbocycles. The number of aliphatic hydroxyl groups excluding tert-OH is 1. The quantitative estimate of drug-likeness (QED) is 0.0671. The number of hydrogen-bond acceptors (Lipinski definition) is 7. The van der Waals surface area contributed by atoms with E-state index in [0.717, 1.165) is 73.5 Å². The number of rotatable bonds is 8. The van der Waals surface area contributed by atoms with Gasteiger partial charge in [0, 0.05) is 117 Å². The zero-order valence-electron chi connectivity index (χ0n) is 60.8. The standard InChI is InChI=1S/2C26H20N2.C24H20B.2C5H5N.CH4O.6CO.ClH.2Re/c2*1-17-15-23(19-9-5-3-6-10-19)21-13-14-22-24(20-11-7-4-8-12-20)16-18(2)28-26(22)25(21)27-17;1-5-13-21(14-6-1)25(22-15-7-2-8-16-22,23-17-9-3-10-18-23)24-19-11-4-12-20-24;2*1-2-4-6-5-3-1;7*1-2;;;/h2*3-16H,1-2H3;1-20H;2*1-5H;2H,1H3;;;;;;;1H;;/q;;-1;;;;;;;;;;;;/p-1. The molecule has 0 spiro atoms. The minimum atomic E-state index is -1.22. The molecule has 0 aliphatic heterocycles. The van der Waals surface area contributed by atoms with Crippen molar-refractivity contribution in [2.24, 2.45) is 0 Å². The van der Waals surface area contributed by atoms with Crippen LogP contribution in [-0.2, 0) is 68.8 Å². The summed E-state index contributed by atoms with van der Waals surface area (Å²) in [5.41, 5.74) is 22.9. The Morgan fingerprint density at radius 1 is 0.236 bits per heavy atom. The molecule has 6 heterocycles. The zero-order valence-corrected chi connectivity index (χ0v) is 67.0. The molecule has 0 fully saturated rings. The molecule has 0 unspecified atom stereocenters. The van der Waals surface area contributed by atoms with E-state index in [-0.39, 0.29) is 53.3 Å². The van der Waals surface area contributed by atoms with Crippen molar-refractivity contribution in [2.45, 2.75) is 27.7 Å². The number of nitrogens with zero attached hydrogens (tertiary/aromatic N) is 6. The fraction of sp³-hybridized carbons (Fsp3) is 0.0538. The van der Waals surface area contributed by atoms with Crippen LogP contribution < -0.4 is 34.3 Å². The van der Waals surface area contributed by atoms with E-state index in [1.54, 1.807) is 24.8 Å².